The van der Waals surface area contributed by atoms with E-state index in [4.69, 9.17) is 0 Å². The fourth-order valence-corrected chi connectivity index (χ4v) is 7.53. The highest BCUT2D eigenvalue weighted by Crippen LogP contribution is 2.39. The van der Waals surface area contributed by atoms with Crippen LogP contribution >= 0.6 is 0 Å². The van der Waals surface area contributed by atoms with Crippen molar-refractivity contribution in [2.24, 2.45) is 11.8 Å². The summed E-state index contributed by atoms with van der Waals surface area (Å²) in [6.07, 6.45) is 17.6. The van der Waals surface area contributed by atoms with E-state index in [0.29, 0.717) is 25.0 Å². The molecule has 2 saturated carbocycles. The lowest BCUT2D eigenvalue weighted by Crippen LogP contribution is -2.59. The summed E-state index contributed by atoms with van der Waals surface area (Å²) in [5.41, 5.74) is 0.874. The van der Waals surface area contributed by atoms with Gasteiger partial charge in [0.15, 0.2) is 0 Å². The summed E-state index contributed by atoms with van der Waals surface area (Å²) in [4.78, 5) is 28.5. The van der Waals surface area contributed by atoms with Gasteiger partial charge in [-0.05, 0) is 68.9 Å². The molecular weight excluding hydrogens is 438 g/mol. The van der Waals surface area contributed by atoms with Crippen LogP contribution in [0, 0.1) is 11.8 Å². The van der Waals surface area contributed by atoms with Crippen molar-refractivity contribution in [1.82, 2.24) is 10.2 Å². The molecule has 5 aliphatic rings. The smallest absolute Gasteiger partial charge is 0.326 e. The minimum Gasteiger partial charge on any atom is -0.480 e. The van der Waals surface area contributed by atoms with Crippen LogP contribution in [-0.4, -0.2) is 52.7 Å². The number of likely N-dealkylation sites (tertiary alicyclic amines) is 1. The molecule has 1 unspecified atom stereocenters. The van der Waals surface area contributed by atoms with Gasteiger partial charge in [0.05, 0.1) is 0 Å². The first kappa shape index (κ1) is 24.6. The highest BCUT2D eigenvalue weighted by molar-refractivity contribution is 5.95. The standard InChI is InChI=1S/C20H27N3O3.C9H16/c24-19(25)18-10-5-11-22(18)20(26)23(16-8-2-1-3-9-16)17-12-14-6-4-7-15(13-17)21-14;1-3-8-5-2-6-9(4-1)7-8/h1-3,8-9,14-15,17-18,21H,4-7,10-13H2,(H,24,25);8-9H,1-7H2/t14-,15-,18?;/m0./s1. The Morgan fingerprint density at radius 2 is 1.40 bits per heavy atom. The van der Waals surface area contributed by atoms with Crippen molar-refractivity contribution in [1.29, 1.82) is 0 Å². The van der Waals surface area contributed by atoms with Gasteiger partial charge < -0.3 is 15.3 Å². The maximum Gasteiger partial charge on any atom is 0.326 e. The third kappa shape index (κ3) is 5.84. The molecule has 6 rings (SSSR count). The minimum absolute atomic E-state index is 0.122. The number of hydrogen-bond donors (Lipinski definition) is 2. The van der Waals surface area contributed by atoms with Crippen molar-refractivity contribution >= 4 is 17.7 Å². The molecule has 2 amide bonds. The Bertz CT molecular complexity index is 830. The minimum atomic E-state index is -0.897. The van der Waals surface area contributed by atoms with Gasteiger partial charge in [-0.3, -0.25) is 4.90 Å². The van der Waals surface area contributed by atoms with Crippen LogP contribution in [0.2, 0.25) is 0 Å². The van der Waals surface area contributed by atoms with Crippen molar-refractivity contribution in [3.8, 4) is 0 Å². The number of carboxylic acid groups (broad SMARTS) is 1. The number of aliphatic carboxylic acids is 1. The lowest BCUT2D eigenvalue weighted by atomic mass is 9.72. The number of rotatable bonds is 3. The summed E-state index contributed by atoms with van der Waals surface area (Å²) in [5.74, 6) is 1.40. The topological polar surface area (TPSA) is 72.9 Å². The van der Waals surface area contributed by atoms with Crippen LogP contribution in [0.25, 0.3) is 0 Å². The molecule has 0 radical (unpaired) electrons. The number of carbonyl (C=O) groups excluding carboxylic acids is 1. The van der Waals surface area contributed by atoms with Gasteiger partial charge in [-0.1, -0.05) is 63.1 Å². The average molecular weight is 482 g/mol. The molecule has 1 aromatic carbocycles. The van der Waals surface area contributed by atoms with Gasteiger partial charge >= 0.3 is 12.0 Å². The van der Waals surface area contributed by atoms with E-state index in [0.717, 1.165) is 49.6 Å². The van der Waals surface area contributed by atoms with E-state index < -0.39 is 12.0 Å². The number of carbonyl (C=O) groups is 2. The van der Waals surface area contributed by atoms with Crippen LogP contribution in [0.4, 0.5) is 10.5 Å². The number of benzene rings is 1. The summed E-state index contributed by atoms with van der Waals surface area (Å²) in [7, 11) is 0. The number of amides is 2. The van der Waals surface area contributed by atoms with E-state index >= 15 is 0 Å². The molecule has 2 N–H and O–H groups in total. The quantitative estimate of drug-likeness (QED) is 0.571. The molecule has 0 spiro atoms. The van der Waals surface area contributed by atoms with Crippen LogP contribution in [0.5, 0.6) is 0 Å². The van der Waals surface area contributed by atoms with E-state index in [-0.39, 0.29) is 12.1 Å². The van der Waals surface area contributed by atoms with Gasteiger partial charge in [-0.25, -0.2) is 9.59 Å². The molecule has 192 valence electrons. The molecule has 3 aliphatic heterocycles. The molecule has 2 aliphatic carbocycles. The number of hydrogen-bond acceptors (Lipinski definition) is 3. The molecule has 5 fully saturated rings. The Morgan fingerprint density at radius 1 is 0.800 bits per heavy atom. The first-order chi connectivity index (χ1) is 17.1. The van der Waals surface area contributed by atoms with Crippen LogP contribution in [0.3, 0.4) is 0 Å². The molecule has 4 bridgehead atoms. The summed E-state index contributed by atoms with van der Waals surface area (Å²) >= 11 is 0. The normalized spacial score (nSPS) is 33.9. The number of anilines is 1. The second-order valence-corrected chi connectivity index (χ2v) is 11.6. The first-order valence-electron chi connectivity index (χ1n) is 14.2. The molecule has 35 heavy (non-hydrogen) atoms. The van der Waals surface area contributed by atoms with E-state index in [2.05, 4.69) is 5.32 Å². The number of piperidine rings is 2. The summed E-state index contributed by atoms with van der Waals surface area (Å²) in [5, 5.41) is 13.2. The SMILES string of the molecule is C1CC2CCCC(C1)C2.O=C(O)C1CCCN1C(=O)N(c1ccccc1)C1C[C@@H]2CCC[C@@H](C1)N2. The number of urea groups is 1. The largest absolute Gasteiger partial charge is 0.480 e. The summed E-state index contributed by atoms with van der Waals surface area (Å²) in [6.45, 7) is 0.525. The fourth-order valence-electron chi connectivity index (χ4n) is 7.53. The molecule has 1 aromatic rings. The second kappa shape index (κ2) is 11.3. The monoisotopic (exact) mass is 481 g/mol. The number of carboxylic acids is 1. The van der Waals surface area contributed by atoms with Gasteiger partial charge in [-0.2, -0.15) is 0 Å². The van der Waals surface area contributed by atoms with E-state index in [1.807, 2.05) is 35.2 Å². The van der Waals surface area contributed by atoms with E-state index in [1.54, 1.807) is 37.0 Å². The predicted octanol–water partition coefficient (Wildman–Crippen LogP) is 5.81. The zero-order chi connectivity index (χ0) is 24.2. The molecule has 6 heteroatoms. The zero-order valence-electron chi connectivity index (χ0n) is 21.1. The summed E-state index contributed by atoms with van der Waals surface area (Å²) < 4.78 is 0. The van der Waals surface area contributed by atoms with Crippen molar-refractivity contribution in [2.45, 2.75) is 114 Å². The van der Waals surface area contributed by atoms with Crippen molar-refractivity contribution in [2.75, 3.05) is 11.4 Å². The lowest BCUT2D eigenvalue weighted by Gasteiger charge is -2.45. The van der Waals surface area contributed by atoms with Crippen LogP contribution < -0.4 is 10.2 Å². The van der Waals surface area contributed by atoms with Crippen LogP contribution in [0.1, 0.15) is 89.9 Å². The number of para-hydroxylation sites is 1. The van der Waals surface area contributed by atoms with Gasteiger partial charge in [-0.15, -0.1) is 0 Å². The molecule has 3 heterocycles. The Kier molecular flexibility index (Phi) is 7.96. The Hall–Kier alpha value is -2.08. The van der Waals surface area contributed by atoms with Gasteiger partial charge in [0, 0.05) is 30.4 Å². The third-order valence-corrected chi connectivity index (χ3v) is 9.20. The van der Waals surface area contributed by atoms with Crippen molar-refractivity contribution in [3.63, 3.8) is 0 Å². The lowest BCUT2D eigenvalue weighted by molar-refractivity contribution is -0.141. The number of fused-ring (bicyclic) bond motifs is 4. The zero-order valence-corrected chi connectivity index (χ0v) is 21.1. The first-order valence-corrected chi connectivity index (χ1v) is 14.2. The number of nitrogens with one attached hydrogen (secondary N) is 1. The molecular formula is C29H43N3O3. The van der Waals surface area contributed by atoms with E-state index in [1.165, 1.54) is 19.3 Å². The second-order valence-electron chi connectivity index (χ2n) is 11.6. The van der Waals surface area contributed by atoms with Crippen LogP contribution in [-0.2, 0) is 4.79 Å². The Morgan fingerprint density at radius 3 is 1.97 bits per heavy atom. The Labute approximate surface area is 210 Å². The van der Waals surface area contributed by atoms with Gasteiger partial charge in [0.2, 0.25) is 0 Å². The maximum absolute atomic E-state index is 13.4. The molecule has 3 saturated heterocycles. The van der Waals surface area contributed by atoms with Crippen molar-refractivity contribution < 1.29 is 14.7 Å². The maximum atomic E-state index is 13.4. The third-order valence-electron chi connectivity index (χ3n) is 9.20. The highest BCUT2D eigenvalue weighted by Gasteiger charge is 2.41. The fraction of sp³-hybridized carbons (Fsp3) is 0.724. The van der Waals surface area contributed by atoms with Crippen LogP contribution in [0.15, 0.2) is 30.3 Å². The van der Waals surface area contributed by atoms with Gasteiger partial charge in [0.1, 0.15) is 6.04 Å². The Balaban J connectivity index is 0.000000234. The molecule has 3 atom stereocenters. The predicted molar refractivity (Wildman–Crippen MR) is 139 cm³/mol. The highest BCUT2D eigenvalue weighted by atomic mass is 16.4. The molecule has 6 nitrogen and oxygen atoms in total. The van der Waals surface area contributed by atoms with E-state index in [9.17, 15) is 14.7 Å². The average Bonchev–Trinajstić information content (AvgIpc) is 3.36. The molecule has 0 aromatic heterocycles. The van der Waals surface area contributed by atoms with Crippen molar-refractivity contribution in [3.05, 3.63) is 30.3 Å². The summed E-state index contributed by atoms with van der Waals surface area (Å²) in [6, 6.07) is 9.94. The number of nitrogens with zero attached hydrogens (tertiary/aromatic N) is 2. The van der Waals surface area contributed by atoms with Gasteiger partial charge in [0.25, 0.3) is 0 Å².